The fourth-order valence-electron chi connectivity index (χ4n) is 2.83. The van der Waals surface area contributed by atoms with Crippen LogP contribution in [0, 0.1) is 6.92 Å². The molecule has 1 unspecified atom stereocenters. The first-order chi connectivity index (χ1) is 11.8. The first-order valence-corrected chi connectivity index (χ1v) is 10.7. The third-order valence-corrected chi connectivity index (χ3v) is 6.58. The quantitative estimate of drug-likeness (QED) is 0.878. The number of sulfonamides is 1. The normalized spacial score (nSPS) is 18.9. The van der Waals surface area contributed by atoms with E-state index in [-0.39, 0.29) is 16.8 Å². The van der Waals surface area contributed by atoms with Crippen LogP contribution in [0.2, 0.25) is 0 Å². The Morgan fingerprint density at radius 1 is 1.32 bits per heavy atom. The van der Waals surface area contributed by atoms with Crippen LogP contribution in [-0.4, -0.2) is 48.2 Å². The highest BCUT2D eigenvalue weighted by Crippen LogP contribution is 2.30. The Balaban J connectivity index is 1.72. The molecule has 2 heterocycles. The monoisotopic (exact) mass is 380 g/mol. The van der Waals surface area contributed by atoms with E-state index in [1.165, 1.54) is 21.9 Å². The van der Waals surface area contributed by atoms with E-state index >= 15 is 0 Å². The molecule has 3 rings (SSSR count). The SMILES string of the molecule is Cc1ccccc1NC(=O)c1nnc(C2CCCN(S(C)(=O)=O)C2)s1. The standard InChI is InChI=1S/C16H20N4O3S2/c1-11-6-3-4-8-13(11)17-14(21)16-19-18-15(24-16)12-7-5-9-20(10-12)25(2,22)23/h3-4,6,8,12H,5,7,9-10H2,1-2H3,(H,17,21). The summed E-state index contributed by atoms with van der Waals surface area (Å²) in [4.78, 5) is 12.4. The number of aromatic nitrogens is 2. The van der Waals surface area contributed by atoms with Gasteiger partial charge in [-0.25, -0.2) is 12.7 Å². The highest BCUT2D eigenvalue weighted by atomic mass is 32.2. The van der Waals surface area contributed by atoms with Gasteiger partial charge < -0.3 is 5.32 Å². The second-order valence-corrected chi connectivity index (χ2v) is 9.17. The Hall–Kier alpha value is -1.84. The van der Waals surface area contributed by atoms with Crippen molar-refractivity contribution in [2.45, 2.75) is 25.7 Å². The zero-order chi connectivity index (χ0) is 18.0. The molecule has 9 heteroatoms. The number of nitrogens with zero attached hydrogens (tertiary/aromatic N) is 3. The molecule has 0 bridgehead atoms. The summed E-state index contributed by atoms with van der Waals surface area (Å²) >= 11 is 1.23. The Morgan fingerprint density at radius 2 is 2.08 bits per heavy atom. The fraction of sp³-hybridized carbons (Fsp3) is 0.438. The molecule has 7 nitrogen and oxygen atoms in total. The van der Waals surface area contributed by atoms with Gasteiger partial charge in [0.1, 0.15) is 5.01 Å². The zero-order valence-corrected chi connectivity index (χ0v) is 15.7. The Bertz CT molecular complexity index is 879. The second kappa shape index (κ2) is 7.19. The van der Waals surface area contributed by atoms with Crippen molar-refractivity contribution in [2.75, 3.05) is 24.7 Å². The molecule has 0 saturated carbocycles. The topological polar surface area (TPSA) is 92.3 Å². The molecule has 2 aromatic rings. The molecule has 134 valence electrons. The van der Waals surface area contributed by atoms with Crippen LogP contribution < -0.4 is 5.32 Å². The molecule has 25 heavy (non-hydrogen) atoms. The van der Waals surface area contributed by atoms with E-state index in [0.717, 1.165) is 24.1 Å². The number of hydrogen-bond acceptors (Lipinski definition) is 6. The van der Waals surface area contributed by atoms with Gasteiger partial charge in [0.25, 0.3) is 5.91 Å². The molecule has 1 aromatic carbocycles. The maximum Gasteiger partial charge on any atom is 0.286 e. The second-order valence-electron chi connectivity index (χ2n) is 6.17. The third kappa shape index (κ3) is 4.23. The van der Waals surface area contributed by atoms with Crippen molar-refractivity contribution in [1.82, 2.24) is 14.5 Å². The first kappa shape index (κ1) is 18.0. The van der Waals surface area contributed by atoms with Gasteiger partial charge in [-0.15, -0.1) is 10.2 Å². The lowest BCUT2D eigenvalue weighted by Gasteiger charge is -2.29. The molecule has 0 radical (unpaired) electrons. The van der Waals surface area contributed by atoms with Crippen LogP contribution >= 0.6 is 11.3 Å². The summed E-state index contributed by atoms with van der Waals surface area (Å²) < 4.78 is 24.9. The number of carbonyl (C=O) groups is 1. The van der Waals surface area contributed by atoms with Gasteiger partial charge in [-0.05, 0) is 31.4 Å². The highest BCUT2D eigenvalue weighted by Gasteiger charge is 2.29. The van der Waals surface area contributed by atoms with E-state index in [9.17, 15) is 13.2 Å². The van der Waals surface area contributed by atoms with Crippen LogP contribution in [0.3, 0.4) is 0 Å². The van der Waals surface area contributed by atoms with Crippen LogP contribution in [0.4, 0.5) is 5.69 Å². The minimum Gasteiger partial charge on any atom is -0.320 e. The number of hydrogen-bond donors (Lipinski definition) is 1. The van der Waals surface area contributed by atoms with E-state index in [0.29, 0.717) is 18.1 Å². The van der Waals surface area contributed by atoms with E-state index in [4.69, 9.17) is 0 Å². The van der Waals surface area contributed by atoms with Crippen LogP contribution in [0.5, 0.6) is 0 Å². The number of nitrogens with one attached hydrogen (secondary N) is 1. The van der Waals surface area contributed by atoms with E-state index in [1.54, 1.807) is 0 Å². The molecule has 1 atom stereocenters. The summed E-state index contributed by atoms with van der Waals surface area (Å²) in [5, 5.41) is 12.0. The van der Waals surface area contributed by atoms with Crippen LogP contribution in [0.25, 0.3) is 0 Å². The van der Waals surface area contributed by atoms with Gasteiger partial charge in [-0.2, -0.15) is 0 Å². The molecular weight excluding hydrogens is 360 g/mol. The van der Waals surface area contributed by atoms with Gasteiger partial charge >= 0.3 is 0 Å². The predicted octanol–water partition coefficient (Wildman–Crippen LogP) is 2.24. The van der Waals surface area contributed by atoms with E-state index < -0.39 is 10.0 Å². The summed E-state index contributed by atoms with van der Waals surface area (Å²) in [6.07, 6.45) is 2.85. The lowest BCUT2D eigenvalue weighted by molar-refractivity contribution is 0.102. The maximum atomic E-state index is 12.4. The first-order valence-electron chi connectivity index (χ1n) is 8.00. The molecule has 1 aliphatic rings. The average Bonchev–Trinajstić information content (AvgIpc) is 3.06. The van der Waals surface area contributed by atoms with Gasteiger partial charge in [0.15, 0.2) is 0 Å². The summed E-state index contributed by atoms with van der Waals surface area (Å²) in [6, 6.07) is 7.52. The van der Waals surface area contributed by atoms with Crippen molar-refractivity contribution < 1.29 is 13.2 Å². The predicted molar refractivity (Wildman–Crippen MR) is 97.4 cm³/mol. The summed E-state index contributed by atoms with van der Waals surface area (Å²) in [6.45, 7) is 2.85. The van der Waals surface area contributed by atoms with Crippen LogP contribution in [0.1, 0.15) is 39.1 Å². The van der Waals surface area contributed by atoms with Crippen molar-refractivity contribution in [1.29, 1.82) is 0 Å². The van der Waals surface area contributed by atoms with Crippen molar-refractivity contribution in [3.05, 3.63) is 39.8 Å². The van der Waals surface area contributed by atoms with Gasteiger partial charge in [0.05, 0.1) is 6.26 Å². The zero-order valence-electron chi connectivity index (χ0n) is 14.1. The number of carbonyl (C=O) groups excluding carboxylic acids is 1. The molecule has 1 aromatic heterocycles. The summed E-state index contributed by atoms with van der Waals surface area (Å²) in [7, 11) is -3.21. The van der Waals surface area contributed by atoms with Crippen molar-refractivity contribution in [3.8, 4) is 0 Å². The molecular formula is C16H20N4O3S2. The number of anilines is 1. The molecule has 0 aliphatic carbocycles. The molecule has 1 aliphatic heterocycles. The van der Waals surface area contributed by atoms with Crippen molar-refractivity contribution in [2.24, 2.45) is 0 Å². The highest BCUT2D eigenvalue weighted by molar-refractivity contribution is 7.88. The number of benzene rings is 1. The Kier molecular flexibility index (Phi) is 5.16. The Morgan fingerprint density at radius 3 is 2.80 bits per heavy atom. The van der Waals surface area contributed by atoms with Crippen molar-refractivity contribution >= 4 is 33.0 Å². The van der Waals surface area contributed by atoms with Gasteiger partial charge in [-0.3, -0.25) is 4.79 Å². The maximum absolute atomic E-state index is 12.4. The number of rotatable bonds is 4. The third-order valence-electron chi connectivity index (χ3n) is 4.23. The molecule has 1 amide bonds. The van der Waals surface area contributed by atoms with Gasteiger partial charge in [0, 0.05) is 24.7 Å². The lowest BCUT2D eigenvalue weighted by Crippen LogP contribution is -2.38. The molecule has 0 spiro atoms. The van der Waals surface area contributed by atoms with Crippen LogP contribution in [0.15, 0.2) is 24.3 Å². The number of aryl methyl sites for hydroxylation is 1. The number of amides is 1. The molecule has 1 fully saturated rings. The largest absolute Gasteiger partial charge is 0.320 e. The van der Waals surface area contributed by atoms with Gasteiger partial charge in [-0.1, -0.05) is 29.5 Å². The minimum atomic E-state index is -3.21. The van der Waals surface area contributed by atoms with Gasteiger partial charge in [0.2, 0.25) is 15.0 Å². The molecule has 1 saturated heterocycles. The van der Waals surface area contributed by atoms with E-state index in [2.05, 4.69) is 15.5 Å². The summed E-state index contributed by atoms with van der Waals surface area (Å²) in [5.74, 6) is -0.310. The minimum absolute atomic E-state index is 0.0130. The fourth-order valence-corrected chi connectivity index (χ4v) is 4.60. The van der Waals surface area contributed by atoms with Crippen molar-refractivity contribution in [3.63, 3.8) is 0 Å². The summed E-state index contributed by atoms with van der Waals surface area (Å²) in [5.41, 5.74) is 1.71. The number of para-hydroxylation sites is 1. The Labute approximate surface area is 151 Å². The average molecular weight is 380 g/mol. The number of piperidine rings is 1. The lowest BCUT2D eigenvalue weighted by atomic mass is 10.0. The van der Waals surface area contributed by atoms with Crippen LogP contribution in [-0.2, 0) is 10.0 Å². The van der Waals surface area contributed by atoms with E-state index in [1.807, 2.05) is 31.2 Å². The molecule has 1 N–H and O–H groups in total. The smallest absolute Gasteiger partial charge is 0.286 e.